The van der Waals surface area contributed by atoms with E-state index in [9.17, 15) is 8.78 Å². The SMILES string of the molecule is NC(Cc1cccc(F)c1)c1c(F)cccc1Cl. The van der Waals surface area contributed by atoms with Gasteiger partial charge in [0.05, 0.1) is 0 Å². The Labute approximate surface area is 109 Å². The Bertz CT molecular complexity index is 537. The number of nitrogens with two attached hydrogens (primary N) is 1. The van der Waals surface area contributed by atoms with Gasteiger partial charge in [-0.05, 0) is 36.2 Å². The number of hydrogen-bond acceptors (Lipinski definition) is 1. The van der Waals surface area contributed by atoms with Crippen molar-refractivity contribution in [2.75, 3.05) is 0 Å². The van der Waals surface area contributed by atoms with E-state index in [1.165, 1.54) is 24.3 Å². The molecule has 2 rings (SSSR count). The summed E-state index contributed by atoms with van der Waals surface area (Å²) in [6.45, 7) is 0. The van der Waals surface area contributed by atoms with Crippen LogP contribution < -0.4 is 5.73 Å². The van der Waals surface area contributed by atoms with Crippen LogP contribution in [0.25, 0.3) is 0 Å². The van der Waals surface area contributed by atoms with E-state index in [1.54, 1.807) is 18.2 Å². The zero-order chi connectivity index (χ0) is 13.1. The average Bonchev–Trinajstić information content (AvgIpc) is 2.28. The molecule has 0 aliphatic rings. The van der Waals surface area contributed by atoms with Gasteiger partial charge in [-0.1, -0.05) is 29.8 Å². The fourth-order valence-electron chi connectivity index (χ4n) is 1.88. The van der Waals surface area contributed by atoms with Crippen LogP contribution in [0.3, 0.4) is 0 Å². The van der Waals surface area contributed by atoms with Crippen molar-refractivity contribution >= 4 is 11.6 Å². The molecule has 1 nitrogen and oxygen atoms in total. The lowest BCUT2D eigenvalue weighted by atomic mass is 9.99. The van der Waals surface area contributed by atoms with Crippen molar-refractivity contribution in [2.45, 2.75) is 12.5 Å². The molecule has 0 aromatic heterocycles. The number of rotatable bonds is 3. The van der Waals surface area contributed by atoms with Crippen molar-refractivity contribution < 1.29 is 8.78 Å². The monoisotopic (exact) mass is 267 g/mol. The zero-order valence-electron chi connectivity index (χ0n) is 9.54. The van der Waals surface area contributed by atoms with Crippen LogP contribution in [0.2, 0.25) is 5.02 Å². The highest BCUT2D eigenvalue weighted by molar-refractivity contribution is 6.31. The lowest BCUT2D eigenvalue weighted by Crippen LogP contribution is -2.15. The summed E-state index contributed by atoms with van der Waals surface area (Å²) in [7, 11) is 0. The van der Waals surface area contributed by atoms with Gasteiger partial charge in [0.2, 0.25) is 0 Å². The van der Waals surface area contributed by atoms with E-state index in [-0.39, 0.29) is 11.4 Å². The molecule has 18 heavy (non-hydrogen) atoms. The Kier molecular flexibility index (Phi) is 3.94. The molecule has 0 amide bonds. The van der Waals surface area contributed by atoms with Crippen LogP contribution >= 0.6 is 11.6 Å². The van der Waals surface area contributed by atoms with Crippen molar-refractivity contribution in [3.63, 3.8) is 0 Å². The minimum atomic E-state index is -0.597. The zero-order valence-corrected chi connectivity index (χ0v) is 10.3. The molecule has 94 valence electrons. The molecule has 1 atom stereocenters. The van der Waals surface area contributed by atoms with Gasteiger partial charge in [0.15, 0.2) is 0 Å². The third kappa shape index (κ3) is 2.86. The molecule has 0 saturated heterocycles. The minimum Gasteiger partial charge on any atom is -0.324 e. The van der Waals surface area contributed by atoms with E-state index >= 15 is 0 Å². The Morgan fingerprint density at radius 3 is 2.50 bits per heavy atom. The highest BCUT2D eigenvalue weighted by Crippen LogP contribution is 2.26. The maximum absolute atomic E-state index is 13.6. The number of hydrogen-bond donors (Lipinski definition) is 1. The van der Waals surface area contributed by atoms with Gasteiger partial charge in [-0.15, -0.1) is 0 Å². The van der Waals surface area contributed by atoms with E-state index in [1.807, 2.05) is 0 Å². The van der Waals surface area contributed by atoms with Gasteiger partial charge in [-0.2, -0.15) is 0 Å². The Morgan fingerprint density at radius 1 is 1.11 bits per heavy atom. The van der Waals surface area contributed by atoms with E-state index in [0.717, 1.165) is 0 Å². The van der Waals surface area contributed by atoms with Crippen LogP contribution in [0, 0.1) is 11.6 Å². The molecular formula is C14H12ClF2N. The van der Waals surface area contributed by atoms with Crippen LogP contribution in [-0.2, 0) is 6.42 Å². The van der Waals surface area contributed by atoms with Gasteiger partial charge in [0, 0.05) is 16.6 Å². The molecule has 0 spiro atoms. The number of benzene rings is 2. The summed E-state index contributed by atoms with van der Waals surface area (Å²) in [6.07, 6.45) is 0.332. The van der Waals surface area contributed by atoms with Crippen LogP contribution in [0.4, 0.5) is 8.78 Å². The maximum atomic E-state index is 13.6. The van der Waals surface area contributed by atoms with E-state index in [0.29, 0.717) is 17.0 Å². The van der Waals surface area contributed by atoms with Crippen LogP contribution in [0.5, 0.6) is 0 Å². The van der Waals surface area contributed by atoms with Crippen molar-refractivity contribution in [1.82, 2.24) is 0 Å². The highest BCUT2D eigenvalue weighted by atomic mass is 35.5. The van der Waals surface area contributed by atoms with Crippen molar-refractivity contribution in [3.8, 4) is 0 Å². The molecule has 2 aromatic carbocycles. The van der Waals surface area contributed by atoms with Gasteiger partial charge in [0.25, 0.3) is 0 Å². The maximum Gasteiger partial charge on any atom is 0.129 e. The summed E-state index contributed by atoms with van der Waals surface area (Å²) in [4.78, 5) is 0. The standard InChI is InChI=1S/C14H12ClF2N/c15-11-5-2-6-12(17)14(11)13(18)8-9-3-1-4-10(16)7-9/h1-7,13H,8,18H2. The van der Waals surface area contributed by atoms with Gasteiger partial charge in [-0.3, -0.25) is 0 Å². The second-order valence-corrected chi connectivity index (χ2v) is 4.48. The van der Waals surface area contributed by atoms with Gasteiger partial charge >= 0.3 is 0 Å². The molecule has 4 heteroatoms. The molecule has 0 heterocycles. The summed E-state index contributed by atoms with van der Waals surface area (Å²) >= 11 is 5.93. The largest absolute Gasteiger partial charge is 0.324 e. The molecule has 0 saturated carbocycles. The Balaban J connectivity index is 2.25. The average molecular weight is 268 g/mol. The van der Waals surface area contributed by atoms with Crippen LogP contribution in [0.15, 0.2) is 42.5 Å². The topological polar surface area (TPSA) is 26.0 Å². The smallest absolute Gasteiger partial charge is 0.129 e. The Morgan fingerprint density at radius 2 is 1.83 bits per heavy atom. The molecule has 2 aromatic rings. The minimum absolute atomic E-state index is 0.267. The van der Waals surface area contributed by atoms with Crippen molar-refractivity contribution in [2.24, 2.45) is 5.73 Å². The molecular weight excluding hydrogens is 256 g/mol. The molecule has 0 radical (unpaired) electrons. The molecule has 0 fully saturated rings. The fraction of sp³-hybridized carbons (Fsp3) is 0.143. The third-order valence-electron chi connectivity index (χ3n) is 2.72. The predicted molar refractivity (Wildman–Crippen MR) is 68.4 cm³/mol. The number of halogens is 3. The second kappa shape index (κ2) is 5.46. The van der Waals surface area contributed by atoms with Crippen molar-refractivity contribution in [1.29, 1.82) is 0 Å². The first kappa shape index (κ1) is 13.0. The summed E-state index contributed by atoms with van der Waals surface area (Å²) in [5.41, 5.74) is 6.91. The van der Waals surface area contributed by atoms with Crippen LogP contribution in [-0.4, -0.2) is 0 Å². The van der Waals surface area contributed by atoms with Gasteiger partial charge in [-0.25, -0.2) is 8.78 Å². The second-order valence-electron chi connectivity index (χ2n) is 4.08. The van der Waals surface area contributed by atoms with Crippen LogP contribution in [0.1, 0.15) is 17.2 Å². The first-order chi connectivity index (χ1) is 8.58. The molecule has 0 aliphatic carbocycles. The summed E-state index contributed by atoms with van der Waals surface area (Å²) in [6, 6.07) is 9.91. The predicted octanol–water partition coefficient (Wildman–Crippen LogP) is 3.86. The highest BCUT2D eigenvalue weighted by Gasteiger charge is 2.15. The normalized spacial score (nSPS) is 12.4. The first-order valence-electron chi connectivity index (χ1n) is 5.52. The van der Waals surface area contributed by atoms with E-state index < -0.39 is 11.9 Å². The first-order valence-corrected chi connectivity index (χ1v) is 5.89. The fourth-order valence-corrected chi connectivity index (χ4v) is 2.19. The summed E-state index contributed by atoms with van der Waals surface area (Å²) < 4.78 is 26.7. The van der Waals surface area contributed by atoms with Gasteiger partial charge < -0.3 is 5.73 Å². The third-order valence-corrected chi connectivity index (χ3v) is 3.04. The molecule has 2 N–H and O–H groups in total. The van der Waals surface area contributed by atoms with Gasteiger partial charge in [0.1, 0.15) is 11.6 Å². The summed E-state index contributed by atoms with van der Waals surface area (Å²) in [5, 5.41) is 0.291. The van der Waals surface area contributed by atoms with E-state index in [2.05, 4.69) is 0 Å². The molecule has 0 aliphatic heterocycles. The van der Waals surface area contributed by atoms with E-state index in [4.69, 9.17) is 17.3 Å². The van der Waals surface area contributed by atoms with Crippen molar-refractivity contribution in [3.05, 3.63) is 70.2 Å². The lowest BCUT2D eigenvalue weighted by molar-refractivity contribution is 0.578. The molecule has 1 unspecified atom stereocenters. The molecule has 0 bridgehead atoms. The quantitative estimate of drug-likeness (QED) is 0.898. The Hall–Kier alpha value is -1.45. The lowest BCUT2D eigenvalue weighted by Gasteiger charge is -2.14. The summed E-state index contributed by atoms with van der Waals surface area (Å²) in [5.74, 6) is -0.772.